The summed E-state index contributed by atoms with van der Waals surface area (Å²) < 4.78 is 29.7. The maximum atomic E-state index is 11.4. The molecule has 0 aliphatic carbocycles. The van der Waals surface area contributed by atoms with Crippen LogP contribution in [0, 0.1) is 0 Å². The molecular formula is C10H19NO4S. The molecule has 0 aromatic carbocycles. The SMILES string of the molecule is C=CC(=O)N(C)C(C)(C)CCCS(=O)(=O)O. The third-order valence-electron chi connectivity index (χ3n) is 2.60. The van der Waals surface area contributed by atoms with Gasteiger partial charge in [-0.15, -0.1) is 0 Å². The number of carbonyl (C=O) groups excluding carboxylic acids is 1. The van der Waals surface area contributed by atoms with Gasteiger partial charge in [0.2, 0.25) is 5.91 Å². The number of likely N-dealkylation sites (N-methyl/N-ethyl adjacent to an activating group) is 1. The molecule has 1 amide bonds. The van der Waals surface area contributed by atoms with Crippen LogP contribution in [0.5, 0.6) is 0 Å². The molecule has 0 atom stereocenters. The fourth-order valence-electron chi connectivity index (χ4n) is 1.29. The first-order chi connectivity index (χ1) is 7.10. The van der Waals surface area contributed by atoms with Gasteiger partial charge in [-0.1, -0.05) is 6.58 Å². The van der Waals surface area contributed by atoms with E-state index in [9.17, 15) is 13.2 Å². The third-order valence-corrected chi connectivity index (χ3v) is 3.41. The topological polar surface area (TPSA) is 74.7 Å². The van der Waals surface area contributed by atoms with Gasteiger partial charge in [0, 0.05) is 12.6 Å². The molecule has 0 bridgehead atoms. The Kier molecular flexibility index (Phi) is 5.15. The molecule has 0 saturated carbocycles. The fraction of sp³-hybridized carbons (Fsp3) is 0.700. The van der Waals surface area contributed by atoms with Gasteiger partial charge in [0.05, 0.1) is 5.75 Å². The Hall–Kier alpha value is -0.880. The van der Waals surface area contributed by atoms with E-state index in [4.69, 9.17) is 4.55 Å². The molecule has 0 saturated heterocycles. The quantitative estimate of drug-likeness (QED) is 0.564. The van der Waals surface area contributed by atoms with Crippen molar-refractivity contribution >= 4 is 16.0 Å². The monoisotopic (exact) mass is 249 g/mol. The van der Waals surface area contributed by atoms with Crippen molar-refractivity contribution in [3.05, 3.63) is 12.7 Å². The number of hydrogen-bond acceptors (Lipinski definition) is 3. The lowest BCUT2D eigenvalue weighted by Crippen LogP contribution is -2.44. The van der Waals surface area contributed by atoms with Gasteiger partial charge in [-0.2, -0.15) is 8.42 Å². The Labute approximate surface area is 96.9 Å². The standard InChI is InChI=1S/C10H19NO4S/c1-5-9(12)11(4)10(2,3)7-6-8-16(13,14)15/h5H,1,6-8H2,2-4H3,(H,13,14,15). The van der Waals surface area contributed by atoms with Crippen molar-refractivity contribution in [1.82, 2.24) is 4.90 Å². The smallest absolute Gasteiger partial charge is 0.264 e. The van der Waals surface area contributed by atoms with Gasteiger partial charge in [0.15, 0.2) is 0 Å². The molecule has 5 nitrogen and oxygen atoms in total. The first-order valence-electron chi connectivity index (χ1n) is 4.95. The highest BCUT2D eigenvalue weighted by atomic mass is 32.2. The number of nitrogens with zero attached hydrogens (tertiary/aromatic N) is 1. The van der Waals surface area contributed by atoms with Crippen LogP contribution < -0.4 is 0 Å². The van der Waals surface area contributed by atoms with Crippen LogP contribution in [0.2, 0.25) is 0 Å². The molecule has 0 aliphatic rings. The van der Waals surface area contributed by atoms with Gasteiger partial charge < -0.3 is 4.90 Å². The lowest BCUT2D eigenvalue weighted by molar-refractivity contribution is -0.129. The molecule has 0 aromatic rings. The number of carbonyl (C=O) groups is 1. The summed E-state index contributed by atoms with van der Waals surface area (Å²) in [5.74, 6) is -0.496. The minimum absolute atomic E-state index is 0.211. The normalized spacial score (nSPS) is 12.2. The summed E-state index contributed by atoms with van der Waals surface area (Å²) in [6.07, 6.45) is 2.01. The van der Waals surface area contributed by atoms with E-state index in [1.807, 2.05) is 13.8 Å². The van der Waals surface area contributed by atoms with E-state index in [0.29, 0.717) is 12.8 Å². The summed E-state index contributed by atoms with van der Waals surface area (Å²) in [6, 6.07) is 0. The summed E-state index contributed by atoms with van der Waals surface area (Å²) in [5.41, 5.74) is -0.462. The zero-order chi connectivity index (χ0) is 13.0. The van der Waals surface area contributed by atoms with Crippen LogP contribution in [0.15, 0.2) is 12.7 Å². The summed E-state index contributed by atoms with van der Waals surface area (Å²) in [7, 11) is -2.29. The Balaban J connectivity index is 4.35. The van der Waals surface area contributed by atoms with Crippen molar-refractivity contribution in [3.8, 4) is 0 Å². The Morgan fingerprint density at radius 3 is 2.38 bits per heavy atom. The minimum Gasteiger partial charge on any atom is -0.337 e. The molecular weight excluding hydrogens is 230 g/mol. The molecule has 0 radical (unpaired) electrons. The summed E-state index contributed by atoms with van der Waals surface area (Å²) in [4.78, 5) is 12.9. The lowest BCUT2D eigenvalue weighted by atomic mass is 9.97. The molecule has 0 heterocycles. The van der Waals surface area contributed by atoms with Crippen LogP contribution in [0.4, 0.5) is 0 Å². The number of rotatable bonds is 6. The van der Waals surface area contributed by atoms with E-state index in [1.54, 1.807) is 7.05 Å². The van der Waals surface area contributed by atoms with Crippen LogP contribution in [0.1, 0.15) is 26.7 Å². The van der Waals surface area contributed by atoms with Crippen LogP contribution in [-0.4, -0.2) is 42.1 Å². The molecule has 0 unspecified atom stereocenters. The van der Waals surface area contributed by atoms with Crippen molar-refractivity contribution in [2.45, 2.75) is 32.2 Å². The second-order valence-electron chi connectivity index (χ2n) is 4.30. The van der Waals surface area contributed by atoms with E-state index in [2.05, 4.69) is 6.58 Å². The predicted octanol–water partition coefficient (Wildman–Crippen LogP) is 1.08. The second-order valence-corrected chi connectivity index (χ2v) is 5.88. The maximum Gasteiger partial charge on any atom is 0.264 e. The Morgan fingerprint density at radius 2 is 2.00 bits per heavy atom. The van der Waals surface area contributed by atoms with Gasteiger partial charge >= 0.3 is 0 Å². The minimum atomic E-state index is -3.92. The molecule has 94 valence electrons. The van der Waals surface area contributed by atoms with Crippen LogP contribution >= 0.6 is 0 Å². The highest BCUT2D eigenvalue weighted by Crippen LogP contribution is 2.19. The number of hydrogen-bond donors (Lipinski definition) is 1. The molecule has 1 N–H and O–H groups in total. The Bertz CT molecular complexity index is 359. The predicted molar refractivity (Wildman–Crippen MR) is 62.7 cm³/mol. The van der Waals surface area contributed by atoms with Crippen LogP contribution in [0.3, 0.4) is 0 Å². The van der Waals surface area contributed by atoms with E-state index in [0.717, 1.165) is 0 Å². The van der Waals surface area contributed by atoms with Gasteiger partial charge in [0.25, 0.3) is 10.1 Å². The zero-order valence-electron chi connectivity index (χ0n) is 9.93. The molecule has 0 rings (SSSR count). The number of amides is 1. The second kappa shape index (κ2) is 5.45. The molecule has 0 aliphatic heterocycles. The van der Waals surface area contributed by atoms with E-state index < -0.39 is 15.7 Å². The zero-order valence-corrected chi connectivity index (χ0v) is 10.7. The van der Waals surface area contributed by atoms with E-state index >= 15 is 0 Å². The van der Waals surface area contributed by atoms with Crippen molar-refractivity contribution < 1.29 is 17.8 Å². The van der Waals surface area contributed by atoms with Gasteiger partial charge in [0.1, 0.15) is 0 Å². The maximum absolute atomic E-state index is 11.4. The van der Waals surface area contributed by atoms with Crippen LogP contribution in [0.25, 0.3) is 0 Å². The van der Waals surface area contributed by atoms with E-state index in [1.165, 1.54) is 11.0 Å². The Morgan fingerprint density at radius 1 is 1.50 bits per heavy atom. The first kappa shape index (κ1) is 15.1. The summed E-state index contributed by atoms with van der Waals surface area (Å²) in [6.45, 7) is 7.05. The average Bonchev–Trinajstić information content (AvgIpc) is 2.13. The van der Waals surface area contributed by atoms with Crippen molar-refractivity contribution in [2.24, 2.45) is 0 Å². The van der Waals surface area contributed by atoms with Crippen LogP contribution in [-0.2, 0) is 14.9 Å². The van der Waals surface area contributed by atoms with E-state index in [-0.39, 0.29) is 11.7 Å². The summed E-state index contributed by atoms with van der Waals surface area (Å²) in [5, 5.41) is 0. The first-order valence-corrected chi connectivity index (χ1v) is 6.56. The summed E-state index contributed by atoms with van der Waals surface area (Å²) >= 11 is 0. The fourth-order valence-corrected chi connectivity index (χ4v) is 1.80. The van der Waals surface area contributed by atoms with Crippen molar-refractivity contribution in [3.63, 3.8) is 0 Å². The highest BCUT2D eigenvalue weighted by Gasteiger charge is 2.26. The average molecular weight is 249 g/mol. The molecule has 0 fully saturated rings. The molecule has 16 heavy (non-hydrogen) atoms. The lowest BCUT2D eigenvalue weighted by Gasteiger charge is -2.35. The van der Waals surface area contributed by atoms with Gasteiger partial charge in [-0.3, -0.25) is 9.35 Å². The largest absolute Gasteiger partial charge is 0.337 e. The molecule has 0 aromatic heterocycles. The van der Waals surface area contributed by atoms with Crippen molar-refractivity contribution in [1.29, 1.82) is 0 Å². The molecule has 0 spiro atoms. The molecule has 6 heteroatoms. The van der Waals surface area contributed by atoms with Gasteiger partial charge in [-0.25, -0.2) is 0 Å². The third kappa shape index (κ3) is 5.27. The van der Waals surface area contributed by atoms with Crippen molar-refractivity contribution in [2.75, 3.05) is 12.8 Å². The van der Waals surface area contributed by atoms with Gasteiger partial charge in [-0.05, 0) is 32.8 Å². The highest BCUT2D eigenvalue weighted by molar-refractivity contribution is 7.85.